The number of carboxylic acid groups (broad SMARTS) is 1. The number of nitrogens with zero attached hydrogens (tertiary/aromatic N) is 1. The molecule has 1 fully saturated rings. The fourth-order valence-electron chi connectivity index (χ4n) is 2.64. The molecule has 0 spiro atoms. The van der Waals surface area contributed by atoms with E-state index in [0.717, 1.165) is 0 Å². The van der Waals surface area contributed by atoms with Gasteiger partial charge in [-0.05, 0) is 19.3 Å². The first kappa shape index (κ1) is 16.4. The van der Waals surface area contributed by atoms with E-state index in [1.165, 1.54) is 0 Å². The van der Waals surface area contributed by atoms with Gasteiger partial charge >= 0.3 is 5.97 Å². The summed E-state index contributed by atoms with van der Waals surface area (Å²) in [5, 5.41) is 8.97. The molecule has 0 aliphatic carbocycles. The van der Waals surface area contributed by atoms with Crippen molar-refractivity contribution < 1.29 is 19.4 Å². The summed E-state index contributed by atoms with van der Waals surface area (Å²) in [6, 6.07) is -0.290. The van der Waals surface area contributed by atoms with Crippen LogP contribution >= 0.6 is 0 Å². The topological polar surface area (TPSA) is 66.8 Å². The number of carbonyl (C=O) groups excluding carboxylic acids is 1. The van der Waals surface area contributed by atoms with Gasteiger partial charge in [-0.3, -0.25) is 9.59 Å². The first-order chi connectivity index (χ1) is 9.53. The van der Waals surface area contributed by atoms with E-state index in [1.807, 2.05) is 0 Å². The van der Waals surface area contributed by atoms with Crippen molar-refractivity contribution in [1.29, 1.82) is 0 Å². The maximum atomic E-state index is 12.6. The van der Waals surface area contributed by atoms with E-state index in [9.17, 15) is 9.59 Å². The Morgan fingerprint density at radius 3 is 2.45 bits per heavy atom. The van der Waals surface area contributed by atoms with E-state index in [4.69, 9.17) is 9.84 Å². The molecule has 1 saturated heterocycles. The minimum atomic E-state index is -0.895. The highest BCUT2D eigenvalue weighted by Crippen LogP contribution is 2.26. The predicted molar refractivity (Wildman–Crippen MR) is 76.3 cm³/mol. The fourth-order valence-corrected chi connectivity index (χ4v) is 2.64. The van der Waals surface area contributed by atoms with Crippen LogP contribution in [0, 0.1) is 5.92 Å². The van der Waals surface area contributed by atoms with E-state index in [1.54, 1.807) is 24.2 Å². The molecule has 112 valence electrons. The number of hydrogen-bond acceptors (Lipinski definition) is 3. The van der Waals surface area contributed by atoms with Gasteiger partial charge in [-0.25, -0.2) is 0 Å². The highest BCUT2D eigenvalue weighted by atomic mass is 16.5. The Hall–Kier alpha value is -1.62. The molecular formula is C15H23NO4. The number of hydrogen-bond donors (Lipinski definition) is 1. The molecule has 1 heterocycles. The van der Waals surface area contributed by atoms with Crippen LogP contribution in [-0.2, 0) is 14.3 Å². The summed E-state index contributed by atoms with van der Waals surface area (Å²) in [5.74, 6) is -1.14. The number of allylic oxidation sites excluding steroid dienone is 2. The van der Waals surface area contributed by atoms with Crippen LogP contribution in [0.5, 0.6) is 0 Å². The Morgan fingerprint density at radius 1 is 1.40 bits per heavy atom. The second-order valence-corrected chi connectivity index (χ2v) is 5.08. The van der Waals surface area contributed by atoms with Crippen LogP contribution in [0.2, 0.25) is 0 Å². The second-order valence-electron chi connectivity index (χ2n) is 5.08. The van der Waals surface area contributed by atoms with Crippen molar-refractivity contribution in [2.45, 2.75) is 37.8 Å². The molecule has 0 radical (unpaired) electrons. The summed E-state index contributed by atoms with van der Waals surface area (Å²) in [6.45, 7) is 7.79. The number of aliphatic carboxylic acids is 1. The van der Waals surface area contributed by atoms with E-state index in [-0.39, 0.29) is 30.4 Å². The normalized spacial score (nSPS) is 22.0. The number of amides is 1. The van der Waals surface area contributed by atoms with Gasteiger partial charge in [-0.2, -0.15) is 0 Å². The number of carbonyl (C=O) groups is 2. The van der Waals surface area contributed by atoms with Crippen molar-refractivity contribution in [1.82, 2.24) is 4.90 Å². The number of carboxylic acids is 1. The highest BCUT2D eigenvalue weighted by Gasteiger charge is 2.38. The molecule has 0 aromatic heterocycles. The molecular weight excluding hydrogens is 258 g/mol. The Morgan fingerprint density at radius 2 is 2.00 bits per heavy atom. The van der Waals surface area contributed by atoms with Crippen molar-refractivity contribution >= 4 is 11.9 Å². The molecule has 0 bridgehead atoms. The Labute approximate surface area is 119 Å². The van der Waals surface area contributed by atoms with E-state index < -0.39 is 5.97 Å². The van der Waals surface area contributed by atoms with Crippen molar-refractivity contribution in [2.24, 2.45) is 5.92 Å². The average Bonchev–Trinajstić information content (AvgIpc) is 2.80. The van der Waals surface area contributed by atoms with Crippen molar-refractivity contribution in [3.05, 3.63) is 25.3 Å². The lowest BCUT2D eigenvalue weighted by Gasteiger charge is -2.27. The lowest BCUT2D eigenvalue weighted by Crippen LogP contribution is -2.41. The van der Waals surface area contributed by atoms with Crippen LogP contribution in [0.15, 0.2) is 25.3 Å². The third-order valence-corrected chi connectivity index (χ3v) is 3.65. The molecule has 1 amide bonds. The molecule has 5 nitrogen and oxygen atoms in total. The van der Waals surface area contributed by atoms with Gasteiger partial charge in [-0.15, -0.1) is 13.2 Å². The molecule has 2 unspecified atom stereocenters. The third-order valence-electron chi connectivity index (χ3n) is 3.65. The molecule has 2 atom stereocenters. The van der Waals surface area contributed by atoms with Crippen LogP contribution in [-0.4, -0.2) is 47.7 Å². The second kappa shape index (κ2) is 7.85. The monoisotopic (exact) mass is 281 g/mol. The number of ether oxygens (including phenoxy) is 1. The molecule has 0 aromatic rings. The van der Waals surface area contributed by atoms with Gasteiger partial charge in [0.05, 0.1) is 12.5 Å². The van der Waals surface area contributed by atoms with Gasteiger partial charge in [0.15, 0.2) is 0 Å². The largest absolute Gasteiger partial charge is 0.481 e. The van der Waals surface area contributed by atoms with Gasteiger partial charge in [0.25, 0.3) is 0 Å². The zero-order valence-corrected chi connectivity index (χ0v) is 12.0. The lowest BCUT2D eigenvalue weighted by molar-refractivity contribution is -0.141. The van der Waals surface area contributed by atoms with Gasteiger partial charge in [-0.1, -0.05) is 12.2 Å². The Bertz CT molecular complexity index is 370. The predicted octanol–water partition coefficient (Wildman–Crippen LogP) is 1.85. The minimum Gasteiger partial charge on any atom is -0.481 e. The molecule has 20 heavy (non-hydrogen) atoms. The summed E-state index contributed by atoms with van der Waals surface area (Å²) in [4.78, 5) is 25.1. The Kier molecular flexibility index (Phi) is 6.45. The standard InChI is InChI=1S/C15H23NO4/c1-4-6-11(7-5-2)15(19)16-10-13(20-3)8-12(16)9-14(17)18/h4-5,11-13H,1-2,6-10H2,3H3,(H,17,18). The molecule has 0 saturated carbocycles. The quantitative estimate of drug-likeness (QED) is 0.689. The molecule has 1 N–H and O–H groups in total. The van der Waals surface area contributed by atoms with Gasteiger partial charge < -0.3 is 14.7 Å². The van der Waals surface area contributed by atoms with Gasteiger partial charge in [0.2, 0.25) is 5.91 Å². The van der Waals surface area contributed by atoms with Crippen molar-refractivity contribution in [3.63, 3.8) is 0 Å². The lowest BCUT2D eigenvalue weighted by atomic mass is 9.99. The van der Waals surface area contributed by atoms with Crippen molar-refractivity contribution in [3.8, 4) is 0 Å². The highest BCUT2D eigenvalue weighted by molar-refractivity contribution is 5.80. The summed E-state index contributed by atoms with van der Waals surface area (Å²) in [6.07, 6.45) is 5.00. The zero-order chi connectivity index (χ0) is 15.1. The molecule has 5 heteroatoms. The average molecular weight is 281 g/mol. The summed E-state index contributed by atoms with van der Waals surface area (Å²) >= 11 is 0. The van der Waals surface area contributed by atoms with Crippen LogP contribution < -0.4 is 0 Å². The van der Waals surface area contributed by atoms with E-state index >= 15 is 0 Å². The summed E-state index contributed by atoms with van der Waals surface area (Å²) < 4.78 is 5.28. The van der Waals surface area contributed by atoms with Gasteiger partial charge in [0, 0.05) is 25.6 Å². The molecule has 1 aliphatic rings. The van der Waals surface area contributed by atoms with E-state index in [0.29, 0.717) is 25.8 Å². The third kappa shape index (κ3) is 4.20. The maximum Gasteiger partial charge on any atom is 0.305 e. The van der Waals surface area contributed by atoms with Crippen LogP contribution in [0.4, 0.5) is 0 Å². The maximum absolute atomic E-state index is 12.6. The minimum absolute atomic E-state index is 0.0319. The van der Waals surface area contributed by atoms with Crippen molar-refractivity contribution in [2.75, 3.05) is 13.7 Å². The summed E-state index contributed by atoms with van der Waals surface area (Å²) in [7, 11) is 1.58. The number of likely N-dealkylation sites (tertiary alicyclic amines) is 1. The summed E-state index contributed by atoms with van der Waals surface area (Å²) in [5.41, 5.74) is 0. The fraction of sp³-hybridized carbons (Fsp3) is 0.600. The molecule has 1 aliphatic heterocycles. The van der Waals surface area contributed by atoms with Crippen LogP contribution in [0.1, 0.15) is 25.7 Å². The number of rotatable bonds is 8. The molecule has 1 rings (SSSR count). The SMILES string of the molecule is C=CCC(CC=C)C(=O)N1CC(OC)CC1CC(=O)O. The Balaban J connectivity index is 2.82. The van der Waals surface area contributed by atoms with Crippen LogP contribution in [0.3, 0.4) is 0 Å². The zero-order valence-electron chi connectivity index (χ0n) is 12.0. The first-order valence-electron chi connectivity index (χ1n) is 6.80. The first-order valence-corrected chi connectivity index (χ1v) is 6.80. The van der Waals surface area contributed by atoms with Gasteiger partial charge in [0.1, 0.15) is 0 Å². The van der Waals surface area contributed by atoms with Crippen LogP contribution in [0.25, 0.3) is 0 Å². The molecule has 0 aromatic carbocycles. The van der Waals surface area contributed by atoms with E-state index in [2.05, 4.69) is 13.2 Å². The number of methoxy groups -OCH3 is 1. The smallest absolute Gasteiger partial charge is 0.305 e.